The lowest BCUT2D eigenvalue weighted by Crippen LogP contribution is -2.06. The summed E-state index contributed by atoms with van der Waals surface area (Å²) in [5.74, 6) is 1.23. The molecule has 2 aromatic rings. The minimum absolute atomic E-state index is 0.120. The summed E-state index contributed by atoms with van der Waals surface area (Å²) in [6.07, 6.45) is 14.2. The number of hydrogen-bond donors (Lipinski definition) is 0. The minimum atomic E-state index is -0.120. The van der Waals surface area contributed by atoms with Gasteiger partial charge in [-0.1, -0.05) is 18.6 Å². The van der Waals surface area contributed by atoms with Gasteiger partial charge in [-0.3, -0.25) is 4.79 Å². The van der Waals surface area contributed by atoms with Crippen LogP contribution in [-0.4, -0.2) is 13.1 Å². The molecule has 0 saturated carbocycles. The fraction of sp³-hybridized carbons (Fsp3) is 0.500. The highest BCUT2D eigenvalue weighted by molar-refractivity contribution is 5.69. The summed E-state index contributed by atoms with van der Waals surface area (Å²) in [5, 5.41) is 0. The van der Waals surface area contributed by atoms with Crippen LogP contribution in [0.1, 0.15) is 62.8 Å². The van der Waals surface area contributed by atoms with E-state index in [0.717, 1.165) is 49.8 Å². The standard InChI is InChI=1S/C22H30O4/c1-17(6-4-8-18(2)12-22(23)24-3)7-5-9-19-13-21(26-16-19)14-20-10-11-25-15-20/h6,10-11,13,15-16,18H,4-5,7-9,12,14H2,1-3H3/t18-/m1/s1. The van der Waals surface area contributed by atoms with Gasteiger partial charge in [-0.15, -0.1) is 0 Å². The molecule has 142 valence electrons. The number of aryl methyl sites for hydroxylation is 1. The molecular formula is C22H30O4. The molecule has 0 unspecified atom stereocenters. The Labute approximate surface area is 156 Å². The quantitative estimate of drug-likeness (QED) is 0.381. The summed E-state index contributed by atoms with van der Waals surface area (Å²) in [4.78, 5) is 11.2. The molecule has 0 aromatic carbocycles. The lowest BCUT2D eigenvalue weighted by molar-refractivity contribution is -0.141. The number of allylic oxidation sites excluding steroid dienone is 2. The lowest BCUT2D eigenvalue weighted by atomic mass is 9.99. The molecule has 0 aliphatic rings. The Bertz CT molecular complexity index is 679. The fourth-order valence-corrected chi connectivity index (χ4v) is 3.00. The zero-order valence-corrected chi connectivity index (χ0v) is 16.1. The topological polar surface area (TPSA) is 52.6 Å². The molecule has 0 N–H and O–H groups in total. The lowest BCUT2D eigenvalue weighted by Gasteiger charge is -2.08. The number of rotatable bonds is 11. The molecule has 0 amide bonds. The van der Waals surface area contributed by atoms with Crippen molar-refractivity contribution in [2.24, 2.45) is 5.92 Å². The van der Waals surface area contributed by atoms with Crippen LogP contribution in [0, 0.1) is 5.92 Å². The number of ether oxygens (including phenoxy) is 1. The maximum Gasteiger partial charge on any atom is 0.305 e. The van der Waals surface area contributed by atoms with Crippen LogP contribution in [0.15, 0.2) is 51.4 Å². The van der Waals surface area contributed by atoms with Crippen molar-refractivity contribution in [2.45, 2.75) is 58.8 Å². The van der Waals surface area contributed by atoms with E-state index in [2.05, 4.69) is 26.0 Å². The number of hydrogen-bond acceptors (Lipinski definition) is 4. The Hall–Kier alpha value is -2.23. The number of esters is 1. The van der Waals surface area contributed by atoms with E-state index in [1.807, 2.05) is 12.3 Å². The van der Waals surface area contributed by atoms with E-state index in [-0.39, 0.29) is 5.97 Å². The van der Waals surface area contributed by atoms with Crippen LogP contribution < -0.4 is 0 Å². The summed E-state index contributed by atoms with van der Waals surface area (Å²) < 4.78 is 15.4. The van der Waals surface area contributed by atoms with Gasteiger partial charge in [0.1, 0.15) is 5.76 Å². The van der Waals surface area contributed by atoms with E-state index in [0.29, 0.717) is 12.3 Å². The van der Waals surface area contributed by atoms with Gasteiger partial charge >= 0.3 is 5.97 Å². The Morgan fingerprint density at radius 2 is 2.15 bits per heavy atom. The number of carbonyl (C=O) groups is 1. The molecule has 0 radical (unpaired) electrons. The molecule has 0 aliphatic heterocycles. The first-order valence-electron chi connectivity index (χ1n) is 9.36. The van der Waals surface area contributed by atoms with Crippen molar-refractivity contribution < 1.29 is 18.4 Å². The smallest absolute Gasteiger partial charge is 0.305 e. The van der Waals surface area contributed by atoms with E-state index in [1.165, 1.54) is 18.2 Å². The third kappa shape index (κ3) is 7.34. The molecule has 0 bridgehead atoms. The van der Waals surface area contributed by atoms with Crippen molar-refractivity contribution in [2.75, 3.05) is 7.11 Å². The van der Waals surface area contributed by atoms with Gasteiger partial charge in [0.05, 0.1) is 25.9 Å². The highest BCUT2D eigenvalue weighted by Crippen LogP contribution is 2.18. The third-order valence-corrected chi connectivity index (χ3v) is 4.60. The van der Waals surface area contributed by atoms with Crippen molar-refractivity contribution in [1.29, 1.82) is 0 Å². The first kappa shape index (κ1) is 20.1. The van der Waals surface area contributed by atoms with Crippen LogP contribution in [0.25, 0.3) is 0 Å². The summed E-state index contributed by atoms with van der Waals surface area (Å²) in [5.41, 5.74) is 3.80. The molecule has 2 heterocycles. The molecule has 26 heavy (non-hydrogen) atoms. The predicted molar refractivity (Wildman–Crippen MR) is 102 cm³/mol. The molecule has 0 fully saturated rings. The van der Waals surface area contributed by atoms with Crippen molar-refractivity contribution in [1.82, 2.24) is 0 Å². The SMILES string of the molecule is COC(=O)C[C@H](C)CCC=C(C)CCCc1coc(Cc2ccoc2)c1. The zero-order valence-electron chi connectivity index (χ0n) is 16.1. The molecule has 0 aliphatic carbocycles. The van der Waals surface area contributed by atoms with Crippen LogP contribution in [-0.2, 0) is 22.4 Å². The van der Waals surface area contributed by atoms with Gasteiger partial charge in [0.25, 0.3) is 0 Å². The monoisotopic (exact) mass is 358 g/mol. The van der Waals surface area contributed by atoms with Gasteiger partial charge in [-0.05, 0) is 68.2 Å². The number of methoxy groups -OCH3 is 1. The van der Waals surface area contributed by atoms with Crippen molar-refractivity contribution in [3.63, 3.8) is 0 Å². The number of furan rings is 2. The minimum Gasteiger partial charge on any atom is -0.472 e. The fourth-order valence-electron chi connectivity index (χ4n) is 3.00. The third-order valence-electron chi connectivity index (χ3n) is 4.60. The van der Waals surface area contributed by atoms with Crippen molar-refractivity contribution >= 4 is 5.97 Å². The van der Waals surface area contributed by atoms with E-state index in [9.17, 15) is 4.79 Å². The first-order valence-corrected chi connectivity index (χ1v) is 9.36. The average Bonchev–Trinajstić information content (AvgIpc) is 3.27. The second-order valence-electron chi connectivity index (χ2n) is 7.10. The Balaban J connectivity index is 1.64. The van der Waals surface area contributed by atoms with Gasteiger partial charge in [0, 0.05) is 12.8 Å². The molecule has 2 aromatic heterocycles. The first-order chi connectivity index (χ1) is 12.6. The molecule has 1 atom stereocenters. The Morgan fingerprint density at radius 3 is 2.88 bits per heavy atom. The predicted octanol–water partition coefficient (Wildman–Crippen LogP) is 5.71. The van der Waals surface area contributed by atoms with Crippen molar-refractivity contribution in [3.8, 4) is 0 Å². The highest BCUT2D eigenvalue weighted by Gasteiger charge is 2.08. The van der Waals surface area contributed by atoms with E-state index in [4.69, 9.17) is 13.6 Å². The van der Waals surface area contributed by atoms with Crippen molar-refractivity contribution in [3.05, 3.63) is 59.5 Å². The Morgan fingerprint density at radius 1 is 1.31 bits per heavy atom. The Kier molecular flexibility index (Phi) is 8.26. The maximum atomic E-state index is 11.2. The highest BCUT2D eigenvalue weighted by atomic mass is 16.5. The van der Waals surface area contributed by atoms with E-state index < -0.39 is 0 Å². The van der Waals surface area contributed by atoms with E-state index in [1.54, 1.807) is 12.5 Å². The van der Waals surface area contributed by atoms with Gasteiger partial charge in [-0.25, -0.2) is 0 Å². The second kappa shape index (κ2) is 10.7. The van der Waals surface area contributed by atoms with Crippen LogP contribution in [0.4, 0.5) is 0 Å². The van der Waals surface area contributed by atoms with Gasteiger partial charge in [0.2, 0.25) is 0 Å². The summed E-state index contributed by atoms with van der Waals surface area (Å²) in [6.45, 7) is 4.28. The van der Waals surface area contributed by atoms with Crippen LogP contribution in [0.3, 0.4) is 0 Å². The number of carbonyl (C=O) groups excluding carboxylic acids is 1. The molecule has 0 saturated heterocycles. The average molecular weight is 358 g/mol. The van der Waals surface area contributed by atoms with Gasteiger partial charge in [-0.2, -0.15) is 0 Å². The molecule has 4 heteroatoms. The van der Waals surface area contributed by atoms with Crippen LogP contribution in [0.2, 0.25) is 0 Å². The summed E-state index contributed by atoms with van der Waals surface area (Å²) >= 11 is 0. The van der Waals surface area contributed by atoms with Gasteiger partial charge in [0.15, 0.2) is 0 Å². The largest absolute Gasteiger partial charge is 0.472 e. The van der Waals surface area contributed by atoms with E-state index >= 15 is 0 Å². The van der Waals surface area contributed by atoms with Gasteiger partial charge < -0.3 is 13.6 Å². The zero-order chi connectivity index (χ0) is 18.8. The summed E-state index contributed by atoms with van der Waals surface area (Å²) in [7, 11) is 1.44. The molecule has 4 nitrogen and oxygen atoms in total. The summed E-state index contributed by atoms with van der Waals surface area (Å²) in [6, 6.07) is 4.10. The van der Waals surface area contributed by atoms with Crippen LogP contribution >= 0.6 is 0 Å². The van der Waals surface area contributed by atoms with Crippen LogP contribution in [0.5, 0.6) is 0 Å². The molecular weight excluding hydrogens is 328 g/mol. The molecule has 0 spiro atoms. The maximum absolute atomic E-state index is 11.2. The normalized spacial score (nSPS) is 13.0. The molecule has 2 rings (SSSR count). The second-order valence-corrected chi connectivity index (χ2v) is 7.10.